The van der Waals surface area contributed by atoms with Gasteiger partial charge in [0.1, 0.15) is 5.82 Å². The minimum Gasteiger partial charge on any atom is -0.342 e. The molecule has 1 aliphatic heterocycles. The van der Waals surface area contributed by atoms with E-state index in [0.29, 0.717) is 17.9 Å². The van der Waals surface area contributed by atoms with Crippen molar-refractivity contribution in [2.45, 2.75) is 38.3 Å². The number of aromatic nitrogens is 2. The van der Waals surface area contributed by atoms with Crippen LogP contribution in [0.2, 0.25) is 0 Å². The quantitative estimate of drug-likeness (QED) is 0.892. The maximum absolute atomic E-state index is 13.0. The lowest BCUT2D eigenvalue weighted by Gasteiger charge is -2.20. The third-order valence-corrected chi connectivity index (χ3v) is 4.42. The number of rotatable bonds is 3. The predicted molar refractivity (Wildman–Crippen MR) is 83.2 cm³/mol. The van der Waals surface area contributed by atoms with Crippen LogP contribution in [0, 0.1) is 0 Å². The maximum Gasteiger partial charge on any atom is 0.416 e. The number of hydrogen-bond donors (Lipinski definition) is 2. The lowest BCUT2D eigenvalue weighted by atomic mass is 9.97. The molecule has 1 aromatic heterocycles. The predicted octanol–water partition coefficient (Wildman–Crippen LogP) is 4.12. The normalized spacial score (nSPS) is 16.7. The molecule has 1 aromatic carbocycles. The number of aryl methyl sites for hydroxylation is 1. The van der Waals surface area contributed by atoms with Crippen LogP contribution in [0.4, 0.5) is 13.2 Å². The van der Waals surface area contributed by atoms with Crippen molar-refractivity contribution in [2.24, 2.45) is 0 Å². The van der Waals surface area contributed by atoms with Gasteiger partial charge in [-0.3, -0.25) is 0 Å². The summed E-state index contributed by atoms with van der Waals surface area (Å²) in [6.07, 6.45) is -0.185. The monoisotopic (exact) mass is 323 g/mol. The Hall–Kier alpha value is -1.82. The van der Waals surface area contributed by atoms with Gasteiger partial charge in [-0.15, -0.1) is 0 Å². The third-order valence-electron chi connectivity index (χ3n) is 4.42. The second kappa shape index (κ2) is 6.35. The fraction of sp³-hybridized carbons (Fsp3) is 0.471. The number of nitrogens with one attached hydrogen (secondary N) is 2. The number of H-pyrrole nitrogens is 1. The molecule has 2 N–H and O–H groups in total. The SMILES string of the molecule is CCc1cc(-c2cnc(C3CCNCC3)[nH]2)ccc1C(F)(F)F. The van der Waals surface area contributed by atoms with E-state index in [9.17, 15) is 13.2 Å². The highest BCUT2D eigenvalue weighted by atomic mass is 19.4. The van der Waals surface area contributed by atoms with Crippen molar-refractivity contribution < 1.29 is 13.2 Å². The molecule has 3 rings (SSSR count). The molecular formula is C17H20F3N3. The van der Waals surface area contributed by atoms with Gasteiger partial charge in [-0.25, -0.2) is 4.98 Å². The van der Waals surface area contributed by atoms with E-state index in [1.807, 2.05) is 0 Å². The second-order valence-corrected chi connectivity index (χ2v) is 5.93. The first-order chi connectivity index (χ1) is 11.0. The lowest BCUT2D eigenvalue weighted by Crippen LogP contribution is -2.27. The highest BCUT2D eigenvalue weighted by molar-refractivity contribution is 5.61. The zero-order valence-electron chi connectivity index (χ0n) is 13.0. The van der Waals surface area contributed by atoms with Crippen molar-refractivity contribution in [1.29, 1.82) is 0 Å². The molecule has 3 nitrogen and oxygen atoms in total. The van der Waals surface area contributed by atoms with E-state index in [1.165, 1.54) is 12.1 Å². The number of halogens is 3. The molecule has 0 spiro atoms. The fourth-order valence-corrected chi connectivity index (χ4v) is 3.12. The minimum atomic E-state index is -4.31. The number of aromatic amines is 1. The van der Waals surface area contributed by atoms with Crippen LogP contribution in [0.1, 0.15) is 42.6 Å². The molecule has 1 aliphatic rings. The van der Waals surface area contributed by atoms with Crippen LogP contribution in [-0.4, -0.2) is 23.1 Å². The van der Waals surface area contributed by atoms with Crippen molar-refractivity contribution in [1.82, 2.24) is 15.3 Å². The Kier molecular flexibility index (Phi) is 4.43. The van der Waals surface area contributed by atoms with Gasteiger partial charge < -0.3 is 10.3 Å². The largest absolute Gasteiger partial charge is 0.416 e. The van der Waals surface area contributed by atoms with Gasteiger partial charge in [-0.2, -0.15) is 13.2 Å². The zero-order valence-corrected chi connectivity index (χ0v) is 13.0. The van der Waals surface area contributed by atoms with Crippen molar-refractivity contribution >= 4 is 0 Å². The van der Waals surface area contributed by atoms with E-state index in [4.69, 9.17) is 0 Å². The molecule has 0 aliphatic carbocycles. The summed E-state index contributed by atoms with van der Waals surface area (Å²) in [5, 5.41) is 3.31. The summed E-state index contributed by atoms with van der Waals surface area (Å²) in [6, 6.07) is 4.30. The summed E-state index contributed by atoms with van der Waals surface area (Å²) in [7, 11) is 0. The van der Waals surface area contributed by atoms with Crippen LogP contribution in [0.5, 0.6) is 0 Å². The van der Waals surface area contributed by atoms with Crippen LogP contribution in [0.3, 0.4) is 0 Å². The summed E-state index contributed by atoms with van der Waals surface area (Å²) in [6.45, 7) is 3.68. The van der Waals surface area contributed by atoms with Gasteiger partial charge in [0.25, 0.3) is 0 Å². The van der Waals surface area contributed by atoms with Crippen LogP contribution < -0.4 is 5.32 Å². The molecule has 0 amide bonds. The number of benzene rings is 1. The van der Waals surface area contributed by atoms with E-state index in [1.54, 1.807) is 19.2 Å². The Labute approximate surface area is 133 Å². The number of nitrogens with zero attached hydrogens (tertiary/aromatic N) is 1. The average Bonchev–Trinajstić information content (AvgIpc) is 3.04. The number of imidazole rings is 1. The van der Waals surface area contributed by atoms with Gasteiger partial charge in [0.05, 0.1) is 17.5 Å². The number of alkyl halides is 3. The Morgan fingerprint density at radius 1 is 1.22 bits per heavy atom. The highest BCUT2D eigenvalue weighted by Gasteiger charge is 2.32. The minimum absolute atomic E-state index is 0.313. The molecule has 124 valence electrons. The van der Waals surface area contributed by atoms with Crippen molar-refractivity contribution in [3.05, 3.63) is 41.3 Å². The van der Waals surface area contributed by atoms with Crippen LogP contribution >= 0.6 is 0 Å². The van der Waals surface area contributed by atoms with Crippen LogP contribution in [-0.2, 0) is 12.6 Å². The maximum atomic E-state index is 13.0. The summed E-state index contributed by atoms with van der Waals surface area (Å²) in [5.74, 6) is 1.32. The Balaban J connectivity index is 1.88. The van der Waals surface area contributed by atoms with Gasteiger partial charge >= 0.3 is 6.18 Å². The van der Waals surface area contributed by atoms with E-state index in [0.717, 1.165) is 43.0 Å². The average molecular weight is 323 g/mol. The highest BCUT2D eigenvalue weighted by Crippen LogP contribution is 2.34. The van der Waals surface area contributed by atoms with Gasteiger partial charge in [-0.05, 0) is 55.6 Å². The Morgan fingerprint density at radius 3 is 2.61 bits per heavy atom. The van der Waals surface area contributed by atoms with Crippen molar-refractivity contribution in [2.75, 3.05) is 13.1 Å². The Morgan fingerprint density at radius 2 is 1.96 bits per heavy atom. The molecule has 0 atom stereocenters. The number of piperidine rings is 1. The van der Waals surface area contributed by atoms with E-state index >= 15 is 0 Å². The number of hydrogen-bond acceptors (Lipinski definition) is 2. The molecule has 0 radical (unpaired) electrons. The molecule has 2 heterocycles. The van der Waals surface area contributed by atoms with Gasteiger partial charge in [-0.1, -0.05) is 13.0 Å². The van der Waals surface area contributed by atoms with Crippen LogP contribution in [0.15, 0.2) is 24.4 Å². The van der Waals surface area contributed by atoms with E-state index in [-0.39, 0.29) is 0 Å². The summed E-state index contributed by atoms with van der Waals surface area (Å²) >= 11 is 0. The molecule has 1 saturated heterocycles. The zero-order chi connectivity index (χ0) is 16.4. The molecule has 0 bridgehead atoms. The molecule has 0 unspecified atom stereocenters. The van der Waals surface area contributed by atoms with Crippen molar-refractivity contribution in [3.63, 3.8) is 0 Å². The van der Waals surface area contributed by atoms with E-state index < -0.39 is 11.7 Å². The van der Waals surface area contributed by atoms with Gasteiger partial charge in [0.2, 0.25) is 0 Å². The Bertz CT molecular complexity index is 670. The summed E-state index contributed by atoms with van der Waals surface area (Å²) in [4.78, 5) is 7.73. The third kappa shape index (κ3) is 3.42. The van der Waals surface area contributed by atoms with E-state index in [2.05, 4.69) is 15.3 Å². The first-order valence-electron chi connectivity index (χ1n) is 7.95. The second-order valence-electron chi connectivity index (χ2n) is 5.93. The molecule has 6 heteroatoms. The topological polar surface area (TPSA) is 40.7 Å². The molecule has 1 fully saturated rings. The fourth-order valence-electron chi connectivity index (χ4n) is 3.12. The molecule has 23 heavy (non-hydrogen) atoms. The lowest BCUT2D eigenvalue weighted by molar-refractivity contribution is -0.138. The molecule has 0 saturated carbocycles. The van der Waals surface area contributed by atoms with Gasteiger partial charge in [0.15, 0.2) is 0 Å². The van der Waals surface area contributed by atoms with Crippen LogP contribution in [0.25, 0.3) is 11.3 Å². The van der Waals surface area contributed by atoms with Crippen molar-refractivity contribution in [3.8, 4) is 11.3 Å². The first-order valence-corrected chi connectivity index (χ1v) is 7.95. The standard InChI is InChI=1S/C17H20F3N3/c1-2-11-9-13(3-4-14(11)17(18,19)20)15-10-22-16(23-15)12-5-7-21-8-6-12/h3-4,9-10,12,21H,2,5-8H2,1H3,(H,22,23). The molecule has 2 aromatic rings. The smallest absolute Gasteiger partial charge is 0.342 e. The first kappa shape index (κ1) is 16.1. The summed E-state index contributed by atoms with van der Waals surface area (Å²) < 4.78 is 39.0. The summed E-state index contributed by atoms with van der Waals surface area (Å²) in [5.41, 5.74) is 1.29. The van der Waals surface area contributed by atoms with Gasteiger partial charge in [0, 0.05) is 5.92 Å². The molecular weight excluding hydrogens is 303 g/mol.